The van der Waals surface area contributed by atoms with Crippen molar-refractivity contribution < 1.29 is 21.9 Å². The number of aliphatic hydroxyl groups is 1. The Morgan fingerprint density at radius 2 is 1.52 bits per heavy atom. The van der Waals surface area contributed by atoms with Gasteiger partial charge in [0.15, 0.2) is 0 Å². The molecular formula is C20H20O5S2. The molecule has 1 aliphatic carbocycles. The maximum absolute atomic E-state index is 12.0. The lowest BCUT2D eigenvalue weighted by Gasteiger charge is -2.29. The predicted octanol–water partition coefficient (Wildman–Crippen LogP) is 3.04. The highest BCUT2D eigenvalue weighted by molar-refractivity contribution is 8.66. The van der Waals surface area contributed by atoms with E-state index in [1.807, 2.05) is 30.3 Å². The second-order valence-electron chi connectivity index (χ2n) is 6.51. The van der Waals surface area contributed by atoms with Crippen LogP contribution in [0.5, 0.6) is 0 Å². The van der Waals surface area contributed by atoms with Gasteiger partial charge < -0.3 is 5.11 Å². The summed E-state index contributed by atoms with van der Waals surface area (Å²) in [6, 6.07) is 15.6. The van der Waals surface area contributed by atoms with Gasteiger partial charge in [-0.25, -0.2) is 16.8 Å². The number of rotatable bonds is 5. The fraction of sp³-hybridized carbons (Fsp3) is 0.200. The summed E-state index contributed by atoms with van der Waals surface area (Å²) in [6.07, 6.45) is 2.56. The minimum absolute atomic E-state index is 0.241. The van der Waals surface area contributed by atoms with Gasteiger partial charge in [-0.2, -0.15) is 0 Å². The minimum Gasteiger partial charge on any atom is -0.389 e. The van der Waals surface area contributed by atoms with Crippen LogP contribution in [0.15, 0.2) is 71.1 Å². The van der Waals surface area contributed by atoms with Gasteiger partial charge in [-0.1, -0.05) is 48.5 Å². The first-order valence-electron chi connectivity index (χ1n) is 8.34. The van der Waals surface area contributed by atoms with E-state index in [1.54, 1.807) is 25.1 Å². The normalized spacial score (nSPS) is 17.7. The van der Waals surface area contributed by atoms with E-state index in [0.717, 1.165) is 27.8 Å². The third kappa shape index (κ3) is 3.76. The van der Waals surface area contributed by atoms with Gasteiger partial charge in [0.05, 0.1) is 17.3 Å². The maximum atomic E-state index is 12.0. The number of allylic oxidation sites excluding steroid dienone is 3. The summed E-state index contributed by atoms with van der Waals surface area (Å²) in [5.41, 5.74) is 4.90. The highest BCUT2D eigenvalue weighted by Crippen LogP contribution is 2.47. The molecule has 1 unspecified atom stereocenters. The van der Waals surface area contributed by atoms with Crippen LogP contribution in [-0.4, -0.2) is 34.3 Å². The van der Waals surface area contributed by atoms with Crippen molar-refractivity contribution in [3.8, 4) is 0 Å². The predicted molar refractivity (Wildman–Crippen MR) is 106 cm³/mol. The molecule has 0 amide bonds. The van der Waals surface area contributed by atoms with Crippen LogP contribution in [0, 0.1) is 0 Å². The van der Waals surface area contributed by atoms with Crippen molar-refractivity contribution >= 4 is 28.9 Å². The Hall–Kier alpha value is -2.22. The van der Waals surface area contributed by atoms with Crippen LogP contribution in [-0.2, 0) is 17.7 Å². The van der Waals surface area contributed by atoms with E-state index in [1.165, 1.54) is 12.1 Å². The first-order valence-corrected chi connectivity index (χ1v) is 12.2. The maximum Gasteiger partial charge on any atom is 0.281 e. The lowest BCUT2D eigenvalue weighted by Crippen LogP contribution is -2.14. The Kier molecular flexibility index (Phi) is 5.12. The number of benzene rings is 2. The smallest absolute Gasteiger partial charge is 0.281 e. The average Bonchev–Trinajstić information content (AvgIpc) is 2.58. The minimum atomic E-state index is -4.39. The van der Waals surface area contributed by atoms with Crippen molar-refractivity contribution in [3.05, 3.63) is 77.4 Å². The average molecular weight is 405 g/mol. The zero-order chi connectivity index (χ0) is 19.8. The highest BCUT2D eigenvalue weighted by Gasteiger charge is 2.29. The molecule has 0 radical (unpaired) electrons. The fourth-order valence-electron chi connectivity index (χ4n) is 3.10. The standard InChI is InChI=1S/C20H20O5S2/c1-14(21)12-17-13-19(20(17)16-6-4-3-5-7-16)15-8-10-18(11-9-15)27(24,25)26(2,22)23/h3-12,14,21H,13H2,1-2H3/b17-12+. The number of hydrogen-bond donors (Lipinski definition) is 1. The van der Waals surface area contributed by atoms with Crippen LogP contribution in [0.25, 0.3) is 11.1 Å². The van der Waals surface area contributed by atoms with Crippen molar-refractivity contribution in [2.45, 2.75) is 24.3 Å². The van der Waals surface area contributed by atoms with Crippen LogP contribution in [0.2, 0.25) is 0 Å². The van der Waals surface area contributed by atoms with Gasteiger partial charge in [0.1, 0.15) is 0 Å². The van der Waals surface area contributed by atoms with E-state index in [9.17, 15) is 21.9 Å². The Balaban J connectivity index is 2.07. The fourth-order valence-corrected chi connectivity index (χ4v) is 5.30. The Labute approximate surface area is 158 Å². The first-order chi connectivity index (χ1) is 12.6. The molecule has 0 saturated heterocycles. The summed E-state index contributed by atoms with van der Waals surface area (Å²) in [5, 5.41) is 9.69. The first kappa shape index (κ1) is 19.5. The molecule has 0 spiro atoms. The lowest BCUT2D eigenvalue weighted by atomic mass is 9.75. The molecule has 2 aromatic carbocycles. The van der Waals surface area contributed by atoms with Crippen molar-refractivity contribution in [3.63, 3.8) is 0 Å². The van der Waals surface area contributed by atoms with Crippen LogP contribution in [0.4, 0.5) is 0 Å². The molecule has 27 heavy (non-hydrogen) atoms. The highest BCUT2D eigenvalue weighted by atomic mass is 33.2. The van der Waals surface area contributed by atoms with Gasteiger partial charge in [-0.15, -0.1) is 0 Å². The molecule has 0 fully saturated rings. The number of hydrogen-bond acceptors (Lipinski definition) is 5. The SMILES string of the molecule is CC(O)/C=C1\CC(c2ccc(S(=O)(=O)S(C)(=O)=O)cc2)=C1c1ccccc1. The number of aliphatic hydroxyl groups excluding tert-OH is 1. The Bertz CT molecular complexity index is 1120. The van der Waals surface area contributed by atoms with Gasteiger partial charge in [0.2, 0.25) is 0 Å². The summed E-state index contributed by atoms with van der Waals surface area (Å²) >= 11 is 0. The van der Waals surface area contributed by atoms with Gasteiger partial charge in [0.25, 0.3) is 17.7 Å². The molecule has 1 aliphatic rings. The molecular weight excluding hydrogens is 384 g/mol. The van der Waals surface area contributed by atoms with E-state index >= 15 is 0 Å². The monoisotopic (exact) mass is 404 g/mol. The molecule has 0 saturated carbocycles. The van der Waals surface area contributed by atoms with Gasteiger partial charge in [0, 0.05) is 0 Å². The summed E-state index contributed by atoms with van der Waals surface area (Å²) in [4.78, 5) is -0.241. The van der Waals surface area contributed by atoms with Crippen LogP contribution in [0.1, 0.15) is 24.5 Å². The molecule has 0 bridgehead atoms. The van der Waals surface area contributed by atoms with Crippen LogP contribution in [0.3, 0.4) is 0 Å². The molecule has 2 aromatic rings. The third-order valence-corrected chi connectivity index (χ3v) is 9.00. The van der Waals surface area contributed by atoms with Gasteiger partial charge >= 0.3 is 0 Å². The van der Waals surface area contributed by atoms with E-state index in [2.05, 4.69) is 0 Å². The molecule has 0 aromatic heterocycles. The molecule has 3 rings (SSSR count). The van der Waals surface area contributed by atoms with Gasteiger partial charge in [-0.3, -0.25) is 0 Å². The second kappa shape index (κ2) is 7.07. The third-order valence-electron chi connectivity index (χ3n) is 4.38. The van der Waals surface area contributed by atoms with Crippen molar-refractivity contribution in [1.82, 2.24) is 0 Å². The van der Waals surface area contributed by atoms with Crippen molar-refractivity contribution in [1.29, 1.82) is 0 Å². The summed E-state index contributed by atoms with van der Waals surface area (Å²) in [6.45, 7) is 1.69. The van der Waals surface area contributed by atoms with Gasteiger partial charge in [-0.05, 0) is 53.3 Å². The van der Waals surface area contributed by atoms with Crippen molar-refractivity contribution in [2.24, 2.45) is 0 Å². The molecule has 0 heterocycles. The zero-order valence-corrected chi connectivity index (χ0v) is 16.6. The zero-order valence-electron chi connectivity index (χ0n) is 15.0. The summed E-state index contributed by atoms with van der Waals surface area (Å²) in [7, 11) is -8.62. The van der Waals surface area contributed by atoms with E-state index < -0.39 is 23.8 Å². The molecule has 142 valence electrons. The molecule has 1 N–H and O–H groups in total. The second-order valence-corrected chi connectivity index (χ2v) is 12.4. The summed E-state index contributed by atoms with van der Waals surface area (Å²) in [5.74, 6) is 0. The summed E-state index contributed by atoms with van der Waals surface area (Å²) < 4.78 is 47.1. The molecule has 7 heteroatoms. The van der Waals surface area contributed by atoms with Crippen molar-refractivity contribution in [2.75, 3.05) is 6.26 Å². The topological polar surface area (TPSA) is 88.5 Å². The lowest BCUT2D eigenvalue weighted by molar-refractivity contribution is 0.243. The quantitative estimate of drug-likeness (QED) is 0.774. The molecule has 5 nitrogen and oxygen atoms in total. The van der Waals surface area contributed by atoms with E-state index in [4.69, 9.17) is 0 Å². The largest absolute Gasteiger partial charge is 0.389 e. The van der Waals surface area contributed by atoms with E-state index in [-0.39, 0.29) is 4.90 Å². The van der Waals surface area contributed by atoms with Crippen LogP contribution >= 0.6 is 0 Å². The van der Waals surface area contributed by atoms with E-state index in [0.29, 0.717) is 12.7 Å². The van der Waals surface area contributed by atoms with Crippen LogP contribution < -0.4 is 0 Å². The molecule has 1 atom stereocenters. The molecule has 0 aliphatic heterocycles. The Morgan fingerprint density at radius 1 is 0.926 bits per heavy atom. The Morgan fingerprint density at radius 3 is 2.04 bits per heavy atom.